The molecule has 0 atom stereocenters. The van der Waals surface area contributed by atoms with E-state index in [1.54, 1.807) is 17.5 Å². The molecule has 3 N–H and O–H groups in total. The summed E-state index contributed by atoms with van der Waals surface area (Å²) in [5.74, 6) is -0.887. The van der Waals surface area contributed by atoms with Crippen LogP contribution in [0.25, 0.3) is 0 Å². The van der Waals surface area contributed by atoms with Crippen molar-refractivity contribution in [1.82, 2.24) is 4.98 Å². The van der Waals surface area contributed by atoms with Crippen LogP contribution in [0.2, 0.25) is 5.02 Å². The number of carbonyl (C=O) groups excluding carboxylic acids is 2. The number of urea groups is 1. The number of aryl methyl sites for hydroxylation is 1. The van der Waals surface area contributed by atoms with Crippen molar-refractivity contribution in [2.24, 2.45) is 0 Å². The summed E-state index contributed by atoms with van der Waals surface area (Å²) in [6.07, 6.45) is 0.00670. The molecule has 1 aromatic heterocycles. The fourth-order valence-corrected chi connectivity index (χ4v) is 3.17. The van der Waals surface area contributed by atoms with Crippen LogP contribution in [0.5, 0.6) is 0 Å². The molecule has 0 saturated carbocycles. The van der Waals surface area contributed by atoms with E-state index < -0.39 is 11.8 Å². The average molecular weight is 419 g/mol. The van der Waals surface area contributed by atoms with E-state index in [1.807, 2.05) is 19.1 Å². The fourth-order valence-electron chi connectivity index (χ4n) is 2.29. The Morgan fingerprint density at radius 3 is 2.50 bits per heavy atom. The maximum atomic E-state index is 13.2. The van der Waals surface area contributed by atoms with Crippen LogP contribution in [0.4, 0.5) is 25.7 Å². The monoisotopic (exact) mass is 418 g/mol. The lowest BCUT2D eigenvalue weighted by Crippen LogP contribution is -2.19. The normalized spacial score (nSPS) is 10.4. The van der Waals surface area contributed by atoms with Gasteiger partial charge >= 0.3 is 6.03 Å². The van der Waals surface area contributed by atoms with Gasteiger partial charge in [0.2, 0.25) is 5.91 Å². The molecule has 0 saturated heterocycles. The van der Waals surface area contributed by atoms with Crippen molar-refractivity contribution >= 4 is 51.4 Å². The lowest BCUT2D eigenvalue weighted by Gasteiger charge is -2.06. The third-order valence-corrected chi connectivity index (χ3v) is 4.72. The molecule has 0 aliphatic heterocycles. The second kappa shape index (κ2) is 8.81. The number of amides is 3. The van der Waals surface area contributed by atoms with Gasteiger partial charge in [-0.15, -0.1) is 11.3 Å². The van der Waals surface area contributed by atoms with Gasteiger partial charge in [-0.2, -0.15) is 0 Å². The molecular weight excluding hydrogens is 403 g/mol. The molecule has 0 aliphatic rings. The van der Waals surface area contributed by atoms with Crippen molar-refractivity contribution in [3.8, 4) is 0 Å². The molecule has 0 bridgehead atoms. The number of halogens is 2. The molecule has 6 nitrogen and oxygen atoms in total. The molecule has 0 unspecified atom stereocenters. The van der Waals surface area contributed by atoms with Crippen LogP contribution in [0, 0.1) is 12.7 Å². The minimum Gasteiger partial charge on any atom is -0.326 e. The summed E-state index contributed by atoms with van der Waals surface area (Å²) >= 11 is 6.90. The van der Waals surface area contributed by atoms with Crippen LogP contribution >= 0.6 is 22.9 Å². The number of anilines is 3. The maximum absolute atomic E-state index is 13.2. The standard InChI is InChI=1S/C19H16ClFN4O2S/c1-11-2-4-12(5-3-11)23-18(27)25-19-24-14(10-28-19)9-17(26)22-13-6-7-16(21)15(20)8-13/h2-8,10H,9H2,1H3,(H,22,26)(H2,23,24,25,27). The highest BCUT2D eigenvalue weighted by atomic mass is 35.5. The maximum Gasteiger partial charge on any atom is 0.325 e. The van der Waals surface area contributed by atoms with Crippen LogP contribution in [0.15, 0.2) is 47.8 Å². The van der Waals surface area contributed by atoms with Gasteiger partial charge in [0.1, 0.15) is 5.82 Å². The molecule has 1 heterocycles. The minimum absolute atomic E-state index is 0.00670. The van der Waals surface area contributed by atoms with E-state index in [0.29, 0.717) is 22.2 Å². The second-order valence-electron chi connectivity index (χ2n) is 5.94. The van der Waals surface area contributed by atoms with Gasteiger partial charge < -0.3 is 10.6 Å². The van der Waals surface area contributed by atoms with Crippen LogP contribution in [0.1, 0.15) is 11.3 Å². The van der Waals surface area contributed by atoms with Gasteiger partial charge in [-0.1, -0.05) is 29.3 Å². The number of carbonyl (C=O) groups is 2. The van der Waals surface area contributed by atoms with E-state index in [2.05, 4.69) is 20.9 Å². The third kappa shape index (κ3) is 5.51. The van der Waals surface area contributed by atoms with Crippen LogP contribution in [0.3, 0.4) is 0 Å². The van der Waals surface area contributed by atoms with Gasteiger partial charge in [0, 0.05) is 16.8 Å². The van der Waals surface area contributed by atoms with Gasteiger partial charge in [-0.25, -0.2) is 14.2 Å². The SMILES string of the molecule is Cc1ccc(NC(=O)Nc2nc(CC(=O)Nc3ccc(F)c(Cl)c3)cs2)cc1. The van der Waals surface area contributed by atoms with Crippen LogP contribution < -0.4 is 16.0 Å². The Morgan fingerprint density at radius 2 is 1.79 bits per heavy atom. The molecule has 0 spiro atoms. The highest BCUT2D eigenvalue weighted by Crippen LogP contribution is 2.20. The summed E-state index contributed by atoms with van der Waals surface area (Å²) < 4.78 is 13.2. The first-order valence-electron chi connectivity index (χ1n) is 8.23. The molecule has 3 aromatic rings. The Labute approximate surface area is 169 Å². The largest absolute Gasteiger partial charge is 0.326 e. The van der Waals surface area contributed by atoms with E-state index in [9.17, 15) is 14.0 Å². The lowest BCUT2D eigenvalue weighted by atomic mass is 10.2. The highest BCUT2D eigenvalue weighted by Gasteiger charge is 2.11. The number of aromatic nitrogens is 1. The number of hydrogen-bond donors (Lipinski definition) is 3. The third-order valence-electron chi connectivity index (χ3n) is 3.63. The van der Waals surface area contributed by atoms with Crippen molar-refractivity contribution < 1.29 is 14.0 Å². The van der Waals surface area contributed by atoms with E-state index in [1.165, 1.54) is 29.5 Å². The fraction of sp³-hybridized carbons (Fsp3) is 0.105. The van der Waals surface area contributed by atoms with Gasteiger partial charge in [-0.3, -0.25) is 10.1 Å². The first-order chi connectivity index (χ1) is 13.4. The number of benzene rings is 2. The Kier molecular flexibility index (Phi) is 6.23. The summed E-state index contributed by atoms with van der Waals surface area (Å²) in [6, 6.07) is 10.9. The molecule has 144 valence electrons. The summed E-state index contributed by atoms with van der Waals surface area (Å²) in [7, 11) is 0. The number of hydrogen-bond acceptors (Lipinski definition) is 4. The predicted octanol–water partition coefficient (Wildman–Crippen LogP) is 5.07. The van der Waals surface area contributed by atoms with Crippen LogP contribution in [-0.4, -0.2) is 16.9 Å². The molecule has 0 aliphatic carbocycles. The van der Waals surface area contributed by atoms with Crippen molar-refractivity contribution in [2.45, 2.75) is 13.3 Å². The van der Waals surface area contributed by atoms with Gasteiger partial charge in [0.05, 0.1) is 17.1 Å². The summed E-state index contributed by atoms with van der Waals surface area (Å²) in [6.45, 7) is 1.96. The molecule has 9 heteroatoms. The Balaban J connectivity index is 1.53. The second-order valence-corrected chi connectivity index (χ2v) is 7.21. The van der Waals surface area contributed by atoms with Gasteiger partial charge in [0.15, 0.2) is 5.13 Å². The van der Waals surface area contributed by atoms with Crippen molar-refractivity contribution in [2.75, 3.05) is 16.0 Å². The van der Waals surface area contributed by atoms with E-state index >= 15 is 0 Å². The van der Waals surface area contributed by atoms with Crippen molar-refractivity contribution in [3.63, 3.8) is 0 Å². The van der Waals surface area contributed by atoms with Crippen LogP contribution in [-0.2, 0) is 11.2 Å². The number of thiazole rings is 1. The van der Waals surface area contributed by atoms with E-state index in [-0.39, 0.29) is 17.4 Å². The Bertz CT molecular complexity index is 1010. The van der Waals surface area contributed by atoms with Gasteiger partial charge in [0.25, 0.3) is 0 Å². The number of nitrogens with one attached hydrogen (secondary N) is 3. The topological polar surface area (TPSA) is 83.1 Å². The lowest BCUT2D eigenvalue weighted by molar-refractivity contribution is -0.115. The zero-order chi connectivity index (χ0) is 20.1. The highest BCUT2D eigenvalue weighted by molar-refractivity contribution is 7.14. The Hall–Kier alpha value is -2.97. The first-order valence-corrected chi connectivity index (χ1v) is 9.49. The molecule has 28 heavy (non-hydrogen) atoms. The van der Waals surface area contributed by atoms with E-state index in [0.717, 1.165) is 5.56 Å². The minimum atomic E-state index is -0.557. The summed E-state index contributed by atoms with van der Waals surface area (Å²) in [5.41, 5.74) is 2.65. The number of rotatable bonds is 5. The van der Waals surface area contributed by atoms with Crippen molar-refractivity contribution in [3.05, 3.63) is 69.9 Å². The smallest absolute Gasteiger partial charge is 0.325 e. The van der Waals surface area contributed by atoms with E-state index in [4.69, 9.17) is 11.6 Å². The summed E-state index contributed by atoms with van der Waals surface area (Å²) in [4.78, 5) is 28.3. The van der Waals surface area contributed by atoms with Crippen molar-refractivity contribution in [1.29, 1.82) is 0 Å². The first kappa shape index (κ1) is 19.8. The molecule has 3 amide bonds. The molecule has 0 radical (unpaired) electrons. The zero-order valence-electron chi connectivity index (χ0n) is 14.8. The van der Waals surface area contributed by atoms with Gasteiger partial charge in [-0.05, 0) is 37.3 Å². The molecule has 3 rings (SSSR count). The average Bonchev–Trinajstić information content (AvgIpc) is 3.06. The Morgan fingerprint density at radius 1 is 1.07 bits per heavy atom. The predicted molar refractivity (Wildman–Crippen MR) is 110 cm³/mol. The summed E-state index contributed by atoms with van der Waals surface area (Å²) in [5, 5.41) is 9.93. The number of nitrogens with zero attached hydrogens (tertiary/aromatic N) is 1. The zero-order valence-corrected chi connectivity index (χ0v) is 16.3. The molecular formula is C19H16ClFN4O2S. The molecule has 0 fully saturated rings. The molecule has 2 aromatic carbocycles. The quantitative estimate of drug-likeness (QED) is 0.541.